The van der Waals surface area contributed by atoms with Gasteiger partial charge < -0.3 is 14.5 Å². The van der Waals surface area contributed by atoms with E-state index in [1.165, 1.54) is 30.8 Å². The number of amides is 1. The lowest BCUT2D eigenvalue weighted by Gasteiger charge is -2.27. The van der Waals surface area contributed by atoms with Crippen molar-refractivity contribution >= 4 is 17.4 Å². The highest BCUT2D eigenvalue weighted by Gasteiger charge is 2.38. The Hall–Kier alpha value is -3.34. The monoisotopic (exact) mass is 502 g/mol. The number of hydrogen-bond acceptors (Lipinski definition) is 5. The zero-order valence-electron chi connectivity index (χ0n) is 20.4. The first-order valence-corrected chi connectivity index (χ1v) is 12.1. The number of nitrogens with one attached hydrogen (secondary N) is 1. The minimum absolute atomic E-state index is 0.0289. The molecule has 36 heavy (non-hydrogen) atoms. The van der Waals surface area contributed by atoms with Crippen molar-refractivity contribution in [3.8, 4) is 11.1 Å². The van der Waals surface area contributed by atoms with Crippen LogP contribution in [-0.2, 0) is 42.1 Å². The van der Waals surface area contributed by atoms with Gasteiger partial charge in [0.05, 0.1) is 6.54 Å². The van der Waals surface area contributed by atoms with Gasteiger partial charge in [-0.3, -0.25) is 14.6 Å². The molecule has 1 N–H and O–H groups in total. The summed E-state index contributed by atoms with van der Waals surface area (Å²) in [4.78, 5) is 15.7. The van der Waals surface area contributed by atoms with Crippen LogP contribution in [0, 0.1) is 0 Å². The number of H-pyrrole nitrogens is 1. The van der Waals surface area contributed by atoms with E-state index in [0.717, 1.165) is 48.0 Å². The Labute approximate surface area is 207 Å². The lowest BCUT2D eigenvalue weighted by atomic mass is 10.0. The Morgan fingerprint density at radius 3 is 2.58 bits per heavy atom. The van der Waals surface area contributed by atoms with Crippen LogP contribution in [0.15, 0.2) is 24.4 Å². The van der Waals surface area contributed by atoms with E-state index < -0.39 is 11.9 Å². The summed E-state index contributed by atoms with van der Waals surface area (Å²) in [6.45, 7) is 5.40. The van der Waals surface area contributed by atoms with Crippen LogP contribution in [0.1, 0.15) is 42.3 Å². The fourth-order valence-corrected chi connectivity index (χ4v) is 4.98. The fraction of sp³-hybridized carbons (Fsp3) is 0.480. The maximum absolute atomic E-state index is 13.4. The van der Waals surface area contributed by atoms with Crippen LogP contribution in [0.3, 0.4) is 0 Å². The van der Waals surface area contributed by atoms with Gasteiger partial charge >= 0.3 is 6.18 Å². The number of aryl methyl sites for hydroxylation is 1. The Morgan fingerprint density at radius 1 is 1.14 bits per heavy atom. The number of hydrogen-bond donors (Lipinski definition) is 1. The van der Waals surface area contributed by atoms with Crippen LogP contribution in [0.5, 0.6) is 0 Å². The molecular weight excluding hydrogens is 473 g/mol. The van der Waals surface area contributed by atoms with Crippen molar-refractivity contribution in [1.82, 2.24) is 24.9 Å². The van der Waals surface area contributed by atoms with Crippen molar-refractivity contribution in [2.24, 2.45) is 7.05 Å². The van der Waals surface area contributed by atoms with Gasteiger partial charge in [0.25, 0.3) is 0 Å². The first-order chi connectivity index (χ1) is 17.2. The predicted molar refractivity (Wildman–Crippen MR) is 128 cm³/mol. The molecule has 0 saturated carbocycles. The Bertz CT molecular complexity index is 1250. The van der Waals surface area contributed by atoms with E-state index in [1.807, 2.05) is 12.1 Å². The largest absolute Gasteiger partial charge is 0.435 e. The molecule has 192 valence electrons. The molecule has 11 heteroatoms. The number of anilines is 2. The number of aromatic amines is 1. The van der Waals surface area contributed by atoms with Crippen LogP contribution in [0.25, 0.3) is 11.1 Å². The average Bonchev–Trinajstić information content (AvgIpc) is 3.64. The summed E-state index contributed by atoms with van der Waals surface area (Å²) in [6, 6.07) is 5.35. The minimum Gasteiger partial charge on any atom is -0.381 e. The van der Waals surface area contributed by atoms with Crippen molar-refractivity contribution in [1.29, 1.82) is 0 Å². The molecule has 3 aliphatic rings. The van der Waals surface area contributed by atoms with Gasteiger partial charge in [-0.05, 0) is 42.5 Å². The molecule has 1 aromatic carbocycles. The Balaban J connectivity index is 0.000000477. The molecule has 0 bridgehead atoms. The molecule has 3 aliphatic heterocycles. The number of ether oxygens (including phenoxy) is 1. The van der Waals surface area contributed by atoms with E-state index in [2.05, 4.69) is 20.2 Å². The van der Waals surface area contributed by atoms with Crippen LogP contribution in [-0.4, -0.2) is 57.1 Å². The minimum atomic E-state index is -4.52. The fourth-order valence-electron chi connectivity index (χ4n) is 4.98. The van der Waals surface area contributed by atoms with Crippen LogP contribution >= 0.6 is 0 Å². The predicted octanol–water partition coefficient (Wildman–Crippen LogP) is 4.22. The smallest absolute Gasteiger partial charge is 0.381 e. The highest BCUT2D eigenvalue weighted by Crippen LogP contribution is 2.41. The van der Waals surface area contributed by atoms with E-state index in [0.29, 0.717) is 31.6 Å². The van der Waals surface area contributed by atoms with Gasteiger partial charge in [-0.1, -0.05) is 6.07 Å². The molecule has 1 fully saturated rings. The van der Waals surface area contributed by atoms with E-state index in [9.17, 15) is 18.0 Å². The molecule has 5 heterocycles. The Kier molecular flexibility index (Phi) is 6.50. The Morgan fingerprint density at radius 2 is 1.92 bits per heavy atom. The quantitative estimate of drug-likeness (QED) is 0.568. The number of nitrogens with zero attached hydrogens (tertiary/aromatic N) is 5. The zero-order chi connectivity index (χ0) is 25.4. The van der Waals surface area contributed by atoms with Gasteiger partial charge in [-0.15, -0.1) is 0 Å². The lowest BCUT2D eigenvalue weighted by Crippen LogP contribution is -2.34. The van der Waals surface area contributed by atoms with Gasteiger partial charge in [0, 0.05) is 75.4 Å². The maximum atomic E-state index is 13.4. The highest BCUT2D eigenvalue weighted by molar-refractivity contribution is 5.77. The topological polar surface area (TPSA) is 79.3 Å². The molecule has 1 saturated heterocycles. The molecule has 0 spiro atoms. The van der Waals surface area contributed by atoms with Crippen molar-refractivity contribution in [3.05, 3.63) is 46.9 Å². The molecule has 2 aromatic heterocycles. The first kappa shape index (κ1) is 24.4. The summed E-state index contributed by atoms with van der Waals surface area (Å²) in [5, 5.41) is 11.2. The maximum Gasteiger partial charge on any atom is 0.435 e. The number of benzene rings is 1. The van der Waals surface area contributed by atoms with Crippen LogP contribution in [0.2, 0.25) is 0 Å². The number of carbonyl (C=O) groups is 1. The van der Waals surface area contributed by atoms with Gasteiger partial charge in [-0.2, -0.15) is 23.4 Å². The number of carbonyl (C=O) groups excluding carboxylic acids is 1. The standard InChI is InChI=1S/C21H21F3N6O.C4H8O/c1-12(31)29-7-6-17-16(11-29)20(26-25-17)30-8-5-14-9-13(3-4-18(14)30)15-10-28(2)27-19(15)21(22,23)24;1-2-4-5-3-1/h3-4,9-10H,5-8,11H2,1-2H3,(H,25,26);1-4H2. The van der Waals surface area contributed by atoms with E-state index in [-0.39, 0.29) is 11.5 Å². The highest BCUT2D eigenvalue weighted by atomic mass is 19.4. The van der Waals surface area contributed by atoms with Gasteiger partial charge in [0.2, 0.25) is 5.91 Å². The molecule has 0 unspecified atom stereocenters. The second-order valence-corrected chi connectivity index (χ2v) is 9.32. The van der Waals surface area contributed by atoms with Crippen LogP contribution in [0.4, 0.5) is 24.7 Å². The first-order valence-electron chi connectivity index (χ1n) is 12.1. The summed E-state index contributed by atoms with van der Waals surface area (Å²) in [5.74, 6) is 0.811. The second kappa shape index (κ2) is 9.61. The average molecular weight is 503 g/mol. The molecule has 1 amide bonds. The molecule has 6 rings (SSSR count). The third kappa shape index (κ3) is 4.71. The van der Waals surface area contributed by atoms with Crippen molar-refractivity contribution in [2.45, 2.75) is 45.3 Å². The SMILES string of the molecule is C1CCOC1.CC(=O)N1CCc2[nH]nc(N3CCc4cc(-c5cn(C)nc5C(F)(F)F)ccc43)c2C1. The van der Waals surface area contributed by atoms with E-state index >= 15 is 0 Å². The molecule has 8 nitrogen and oxygen atoms in total. The number of rotatable bonds is 2. The number of aromatic nitrogens is 4. The van der Waals surface area contributed by atoms with Gasteiger partial charge in [0.15, 0.2) is 11.5 Å². The summed E-state index contributed by atoms with van der Waals surface area (Å²) < 4.78 is 46.3. The van der Waals surface area contributed by atoms with E-state index in [1.54, 1.807) is 17.9 Å². The molecule has 0 atom stereocenters. The number of fused-ring (bicyclic) bond motifs is 2. The molecule has 0 radical (unpaired) electrons. The number of halogens is 3. The molecule has 3 aromatic rings. The number of alkyl halides is 3. The van der Waals surface area contributed by atoms with Crippen molar-refractivity contribution < 1.29 is 22.7 Å². The van der Waals surface area contributed by atoms with E-state index in [4.69, 9.17) is 4.74 Å². The van der Waals surface area contributed by atoms with Crippen molar-refractivity contribution in [2.75, 3.05) is 31.2 Å². The third-order valence-electron chi connectivity index (χ3n) is 6.82. The van der Waals surface area contributed by atoms with Gasteiger partial charge in [0.1, 0.15) is 0 Å². The van der Waals surface area contributed by atoms with Gasteiger partial charge in [-0.25, -0.2) is 0 Å². The second-order valence-electron chi connectivity index (χ2n) is 9.32. The lowest BCUT2D eigenvalue weighted by molar-refractivity contribution is -0.141. The summed E-state index contributed by atoms with van der Waals surface area (Å²) in [6.07, 6.45) is 0.863. The third-order valence-corrected chi connectivity index (χ3v) is 6.82. The normalized spacial score (nSPS) is 17.0. The zero-order valence-corrected chi connectivity index (χ0v) is 20.4. The summed E-state index contributed by atoms with van der Waals surface area (Å²) >= 11 is 0. The molecule has 0 aliphatic carbocycles. The summed E-state index contributed by atoms with van der Waals surface area (Å²) in [7, 11) is 1.49. The summed E-state index contributed by atoms with van der Waals surface area (Å²) in [5.41, 5.74) is 3.61. The van der Waals surface area contributed by atoms with Crippen LogP contribution < -0.4 is 4.90 Å². The van der Waals surface area contributed by atoms with Crippen molar-refractivity contribution in [3.63, 3.8) is 0 Å². The molecular formula is C25H29F3N6O2.